The third-order valence-electron chi connectivity index (χ3n) is 1.10. The number of primary amides is 1. The molecule has 7 nitrogen and oxygen atoms in total. The van der Waals surface area contributed by atoms with Crippen molar-refractivity contribution in [1.82, 2.24) is 4.90 Å². The summed E-state index contributed by atoms with van der Waals surface area (Å²) in [5.74, 6) is -3.17. The first-order valence-corrected chi connectivity index (χ1v) is 3.36. The van der Waals surface area contributed by atoms with E-state index in [-0.39, 0.29) is 37.5 Å². The number of aliphatic carboxylic acids is 2. The van der Waals surface area contributed by atoms with Crippen molar-refractivity contribution < 1.29 is 55.6 Å². The molecule has 0 aliphatic carbocycles. The van der Waals surface area contributed by atoms with Gasteiger partial charge >= 0.3 is 41.5 Å². The fourth-order valence-corrected chi connectivity index (χ4v) is 0.771. The van der Waals surface area contributed by atoms with Gasteiger partial charge < -0.3 is 17.4 Å². The number of carbonyl (C=O) groups excluding carboxylic acids is 1. The molecule has 0 atom stereocenters. The second-order valence-corrected chi connectivity index (χ2v) is 2.40. The third kappa shape index (κ3) is 9.46. The molecule has 76 valence electrons. The zero-order valence-electron chi connectivity index (χ0n) is 8.77. The fraction of sp³-hybridized carbons (Fsp3) is 0.500. The minimum absolute atomic E-state index is 0. The van der Waals surface area contributed by atoms with Gasteiger partial charge in [-0.1, -0.05) is 0 Å². The predicted molar refractivity (Wildman–Crippen MR) is 42.0 cm³/mol. The predicted octanol–water partition coefficient (Wildman–Crippen LogP) is -4.94. The van der Waals surface area contributed by atoms with E-state index >= 15 is 0 Å². The Bertz CT molecular complexity index is 200. The van der Waals surface area contributed by atoms with Crippen molar-refractivity contribution in [2.24, 2.45) is 5.73 Å². The first kappa shape index (κ1) is 15.8. The zero-order valence-corrected chi connectivity index (χ0v) is 9.77. The largest absolute Gasteiger partial charge is 1.00 e. The number of nitrogens with two attached hydrogens (primary N) is 1. The summed E-state index contributed by atoms with van der Waals surface area (Å²) >= 11 is 0. The summed E-state index contributed by atoms with van der Waals surface area (Å²) in [6.45, 7) is -1.41. The smallest absolute Gasteiger partial charge is 1.00 e. The maximum Gasteiger partial charge on any atom is 1.00 e. The van der Waals surface area contributed by atoms with Crippen molar-refractivity contribution in [3.63, 3.8) is 0 Å². The van der Waals surface area contributed by atoms with E-state index in [1.807, 2.05) is 0 Å². The summed E-state index contributed by atoms with van der Waals surface area (Å²) in [5, 5.41) is 16.6. The second-order valence-electron chi connectivity index (χ2n) is 2.40. The molecule has 0 aromatic carbocycles. The van der Waals surface area contributed by atoms with Gasteiger partial charge in [0.15, 0.2) is 0 Å². The van der Waals surface area contributed by atoms with E-state index in [2.05, 4.69) is 0 Å². The summed E-state index contributed by atoms with van der Waals surface area (Å²) in [5.41, 5.74) is 4.78. The fourth-order valence-electron chi connectivity index (χ4n) is 0.771. The number of carboxylic acid groups (broad SMARTS) is 2. The van der Waals surface area contributed by atoms with E-state index in [4.69, 9.17) is 15.9 Å². The second kappa shape index (κ2) is 7.74. The molecule has 0 bridgehead atoms. The van der Waals surface area contributed by atoms with Crippen molar-refractivity contribution in [1.29, 1.82) is 0 Å². The van der Waals surface area contributed by atoms with Gasteiger partial charge in [0.1, 0.15) is 0 Å². The number of hydrogen-bond acceptors (Lipinski definition) is 4. The van der Waals surface area contributed by atoms with Gasteiger partial charge in [-0.2, -0.15) is 0 Å². The van der Waals surface area contributed by atoms with Crippen LogP contribution in [0.1, 0.15) is 1.43 Å². The standard InChI is InChI=1S/C6H10N2O5.Na.H/c7-4(9)1-8(2-5(10)11)3-6(12)13;;/h1-3H2,(H2,7,9)(H,10,11)(H,12,13);;/q;+1;-1. The zero-order chi connectivity index (χ0) is 10.4. The number of hydrogen-bond donors (Lipinski definition) is 3. The normalized spacial score (nSPS) is 9.21. The quantitative estimate of drug-likeness (QED) is 0.381. The van der Waals surface area contributed by atoms with E-state index in [0.717, 1.165) is 4.90 Å². The number of carbonyl (C=O) groups is 3. The third-order valence-corrected chi connectivity index (χ3v) is 1.10. The van der Waals surface area contributed by atoms with Crippen LogP contribution in [0.4, 0.5) is 0 Å². The maximum absolute atomic E-state index is 10.4. The molecule has 0 rings (SSSR count). The minimum atomic E-state index is -1.21. The molecule has 0 spiro atoms. The summed E-state index contributed by atoms with van der Waals surface area (Å²) in [6, 6.07) is 0. The molecule has 14 heavy (non-hydrogen) atoms. The van der Waals surface area contributed by atoms with Gasteiger partial charge in [-0.15, -0.1) is 0 Å². The van der Waals surface area contributed by atoms with Crippen LogP contribution in [0, 0.1) is 0 Å². The van der Waals surface area contributed by atoms with Crippen molar-refractivity contribution in [3.05, 3.63) is 0 Å². The van der Waals surface area contributed by atoms with E-state index in [1.165, 1.54) is 0 Å². The molecule has 0 aliphatic rings. The average Bonchev–Trinajstić information content (AvgIpc) is 1.80. The molecule has 0 fully saturated rings. The van der Waals surface area contributed by atoms with E-state index in [9.17, 15) is 14.4 Å². The Morgan fingerprint density at radius 1 is 1.07 bits per heavy atom. The Morgan fingerprint density at radius 3 is 1.64 bits per heavy atom. The monoisotopic (exact) mass is 214 g/mol. The SMILES string of the molecule is NC(=O)CN(CC(=O)O)CC(=O)O.[H-].[Na+]. The van der Waals surface area contributed by atoms with Crippen LogP contribution in [0.2, 0.25) is 0 Å². The van der Waals surface area contributed by atoms with Crippen LogP contribution in [-0.2, 0) is 14.4 Å². The van der Waals surface area contributed by atoms with Gasteiger partial charge in [0.2, 0.25) is 5.91 Å². The summed E-state index contributed by atoms with van der Waals surface area (Å²) in [4.78, 5) is 31.7. The molecule has 0 saturated heterocycles. The molecule has 0 aliphatic heterocycles. The molecule has 0 radical (unpaired) electrons. The van der Waals surface area contributed by atoms with Gasteiger partial charge in [0.05, 0.1) is 19.6 Å². The topological polar surface area (TPSA) is 121 Å². The van der Waals surface area contributed by atoms with Crippen molar-refractivity contribution in [2.45, 2.75) is 0 Å². The summed E-state index contributed by atoms with van der Waals surface area (Å²) in [6.07, 6.45) is 0. The van der Waals surface area contributed by atoms with E-state index < -0.39 is 30.9 Å². The van der Waals surface area contributed by atoms with Crippen LogP contribution in [0.5, 0.6) is 0 Å². The molecule has 0 aromatic heterocycles. The van der Waals surface area contributed by atoms with E-state index in [1.54, 1.807) is 0 Å². The molecule has 4 N–H and O–H groups in total. The van der Waals surface area contributed by atoms with Gasteiger partial charge in [-0.05, 0) is 0 Å². The number of rotatable bonds is 6. The van der Waals surface area contributed by atoms with Gasteiger partial charge in [0, 0.05) is 0 Å². The van der Waals surface area contributed by atoms with Crippen LogP contribution < -0.4 is 35.3 Å². The van der Waals surface area contributed by atoms with Crippen LogP contribution >= 0.6 is 0 Å². The number of nitrogens with zero attached hydrogens (tertiary/aromatic N) is 1. The molecule has 0 unspecified atom stereocenters. The van der Waals surface area contributed by atoms with Crippen LogP contribution in [0.25, 0.3) is 0 Å². The molecule has 8 heteroatoms. The molecular formula is C6H11N2NaO5. The van der Waals surface area contributed by atoms with Gasteiger partial charge in [0.25, 0.3) is 0 Å². The van der Waals surface area contributed by atoms with Crippen LogP contribution in [-0.4, -0.2) is 52.6 Å². The Labute approximate surface area is 104 Å². The first-order chi connectivity index (χ1) is 5.91. The molecule has 0 aromatic rings. The van der Waals surface area contributed by atoms with E-state index in [0.29, 0.717) is 0 Å². The Kier molecular flexibility index (Phi) is 8.75. The van der Waals surface area contributed by atoms with Crippen molar-refractivity contribution in [3.8, 4) is 0 Å². The number of carboxylic acids is 2. The van der Waals surface area contributed by atoms with Crippen LogP contribution in [0.3, 0.4) is 0 Å². The van der Waals surface area contributed by atoms with Gasteiger partial charge in [-0.3, -0.25) is 19.3 Å². The molecular weight excluding hydrogens is 203 g/mol. The molecule has 0 heterocycles. The summed E-state index contributed by atoms with van der Waals surface area (Å²) < 4.78 is 0. The maximum atomic E-state index is 10.4. The molecule has 1 amide bonds. The Morgan fingerprint density at radius 2 is 1.43 bits per heavy atom. The van der Waals surface area contributed by atoms with Crippen LogP contribution in [0.15, 0.2) is 0 Å². The van der Waals surface area contributed by atoms with Crippen molar-refractivity contribution >= 4 is 17.8 Å². The number of amides is 1. The Hall–Kier alpha value is -0.630. The minimum Gasteiger partial charge on any atom is -1.00 e. The average molecular weight is 214 g/mol. The Balaban J connectivity index is -0.000000720. The van der Waals surface area contributed by atoms with Gasteiger partial charge in [-0.25, -0.2) is 0 Å². The van der Waals surface area contributed by atoms with Crippen molar-refractivity contribution in [2.75, 3.05) is 19.6 Å². The first-order valence-electron chi connectivity index (χ1n) is 3.36. The summed E-state index contributed by atoms with van der Waals surface area (Å²) in [7, 11) is 0. The molecule has 0 saturated carbocycles.